The first-order chi connectivity index (χ1) is 30.5. The summed E-state index contributed by atoms with van der Waals surface area (Å²) in [5, 5.41) is 23.7. The van der Waals surface area contributed by atoms with E-state index in [-0.39, 0.29) is 24.9 Å². The van der Waals surface area contributed by atoms with Crippen LogP contribution in [0.15, 0.2) is 97.2 Å². The summed E-state index contributed by atoms with van der Waals surface area (Å²) in [5.41, 5.74) is 0. The number of nitrogens with one attached hydrogen (secondary N) is 1. The number of ether oxygens (including phenoxy) is 1. The van der Waals surface area contributed by atoms with Crippen LogP contribution in [0.25, 0.3) is 0 Å². The van der Waals surface area contributed by atoms with Gasteiger partial charge in [0.1, 0.15) is 6.10 Å². The minimum Gasteiger partial charge on any atom is -0.461 e. The van der Waals surface area contributed by atoms with E-state index in [4.69, 9.17) is 4.74 Å². The summed E-state index contributed by atoms with van der Waals surface area (Å²) < 4.78 is 5.83. The van der Waals surface area contributed by atoms with Crippen molar-refractivity contribution in [2.45, 2.75) is 238 Å². The zero-order chi connectivity index (χ0) is 45.2. The molecule has 0 aliphatic heterocycles. The van der Waals surface area contributed by atoms with Crippen molar-refractivity contribution < 1.29 is 24.5 Å². The molecule has 0 aromatic heterocycles. The molecule has 6 heteroatoms. The monoisotopic (exact) mass is 862 g/mol. The first kappa shape index (κ1) is 58.8. The molecule has 0 radical (unpaired) electrons. The topological polar surface area (TPSA) is 95.9 Å². The summed E-state index contributed by atoms with van der Waals surface area (Å²) in [6.45, 7) is 6.18. The van der Waals surface area contributed by atoms with Gasteiger partial charge in [0.25, 0.3) is 0 Å². The molecule has 0 spiro atoms. The molecule has 0 heterocycles. The van der Waals surface area contributed by atoms with Gasteiger partial charge in [-0.3, -0.25) is 9.59 Å². The van der Waals surface area contributed by atoms with Crippen LogP contribution in [0.4, 0.5) is 0 Å². The molecule has 0 saturated heterocycles. The SMILES string of the molecule is CC/C=C/C=C/C=C\C=C/C=C/CC(CC(=O)NC(CO)C(O)CCCCCCCCCCCCCCCCCC)OC(=O)CCCCCCCC/C=C/C/C=C/C/C=C/CC. The predicted octanol–water partition coefficient (Wildman–Crippen LogP) is 15.3. The summed E-state index contributed by atoms with van der Waals surface area (Å²) in [6, 6.07) is -0.747. The van der Waals surface area contributed by atoms with Crippen molar-refractivity contribution in [2.75, 3.05) is 6.61 Å². The largest absolute Gasteiger partial charge is 0.461 e. The number of hydrogen-bond acceptors (Lipinski definition) is 5. The molecule has 1 amide bonds. The third kappa shape index (κ3) is 43.4. The van der Waals surface area contributed by atoms with Crippen molar-refractivity contribution in [1.29, 1.82) is 0 Å². The number of allylic oxidation sites excluding steroid dienone is 15. The summed E-state index contributed by atoms with van der Waals surface area (Å²) >= 11 is 0. The molecule has 0 aliphatic rings. The van der Waals surface area contributed by atoms with Crippen molar-refractivity contribution in [2.24, 2.45) is 0 Å². The quantitative estimate of drug-likeness (QED) is 0.0245. The highest BCUT2D eigenvalue weighted by molar-refractivity contribution is 5.77. The highest BCUT2D eigenvalue weighted by atomic mass is 16.5. The Balaban J connectivity index is 4.64. The minimum atomic E-state index is -0.825. The number of carbonyl (C=O) groups is 2. The maximum Gasteiger partial charge on any atom is 0.306 e. The molecule has 0 saturated carbocycles. The summed E-state index contributed by atoms with van der Waals surface area (Å²) in [7, 11) is 0. The van der Waals surface area contributed by atoms with E-state index < -0.39 is 18.2 Å². The Hall–Kier alpha value is -3.22. The maximum absolute atomic E-state index is 13.2. The van der Waals surface area contributed by atoms with Gasteiger partial charge in [-0.05, 0) is 51.4 Å². The van der Waals surface area contributed by atoms with Crippen LogP contribution in [-0.4, -0.2) is 46.9 Å². The summed E-state index contributed by atoms with van der Waals surface area (Å²) in [6.07, 6.45) is 64.9. The van der Waals surface area contributed by atoms with Gasteiger partial charge in [-0.1, -0.05) is 246 Å². The standard InChI is InChI=1S/C56H95NO5/c1-4-7-10-13-16-19-22-24-26-28-30-33-36-39-42-45-48-54(59)53(51-58)57-55(60)50-52(47-44-41-38-35-32-21-18-15-12-9-6-3)62-56(61)49-46-43-40-37-34-31-29-27-25-23-20-17-14-11-8-5-2/h8-9,11-12,15,17-18,20-21,25,27,32,35,38,41,44,52-54,58-59H,4-7,10,13-14,16,19,22-24,26,28-31,33-34,36-37,39-40,42-43,45-51H2,1-3H3,(H,57,60)/b11-8+,12-9+,18-15+,20-17+,27-25+,32-21-,38-35-,44-41+. The second kappa shape index (κ2) is 48.8. The first-order valence-corrected chi connectivity index (χ1v) is 25.5. The number of aliphatic hydroxyl groups is 2. The third-order valence-electron chi connectivity index (χ3n) is 11.0. The molecule has 0 rings (SSSR count). The molecule has 3 unspecified atom stereocenters. The fourth-order valence-corrected chi connectivity index (χ4v) is 7.23. The van der Waals surface area contributed by atoms with Gasteiger partial charge in [0, 0.05) is 12.8 Å². The zero-order valence-electron chi connectivity index (χ0n) is 40.2. The van der Waals surface area contributed by atoms with Gasteiger partial charge in [0.15, 0.2) is 0 Å². The lowest BCUT2D eigenvalue weighted by atomic mass is 10.0. The van der Waals surface area contributed by atoms with Gasteiger partial charge in [-0.2, -0.15) is 0 Å². The van der Waals surface area contributed by atoms with Gasteiger partial charge < -0.3 is 20.3 Å². The predicted molar refractivity (Wildman–Crippen MR) is 268 cm³/mol. The smallest absolute Gasteiger partial charge is 0.306 e. The van der Waals surface area contributed by atoms with Crippen LogP contribution in [-0.2, 0) is 14.3 Å². The van der Waals surface area contributed by atoms with E-state index >= 15 is 0 Å². The molecule has 0 aromatic rings. The van der Waals surface area contributed by atoms with Gasteiger partial charge >= 0.3 is 5.97 Å². The second-order valence-electron chi connectivity index (χ2n) is 16.9. The van der Waals surface area contributed by atoms with Crippen molar-refractivity contribution in [1.82, 2.24) is 5.32 Å². The van der Waals surface area contributed by atoms with E-state index in [1.807, 2.05) is 54.7 Å². The van der Waals surface area contributed by atoms with Crippen LogP contribution in [0.5, 0.6) is 0 Å². The Morgan fingerprint density at radius 2 is 0.968 bits per heavy atom. The Labute approximate surface area is 382 Å². The third-order valence-corrected chi connectivity index (χ3v) is 11.0. The van der Waals surface area contributed by atoms with Gasteiger partial charge in [-0.25, -0.2) is 0 Å². The van der Waals surface area contributed by atoms with E-state index in [1.165, 1.54) is 96.3 Å². The van der Waals surface area contributed by atoms with Gasteiger partial charge in [-0.15, -0.1) is 0 Å². The number of aliphatic hydroxyl groups excluding tert-OH is 2. The van der Waals surface area contributed by atoms with Crippen LogP contribution < -0.4 is 5.32 Å². The van der Waals surface area contributed by atoms with Crippen molar-refractivity contribution in [3.05, 3.63) is 97.2 Å². The van der Waals surface area contributed by atoms with Crippen LogP contribution in [0.1, 0.15) is 220 Å². The lowest BCUT2D eigenvalue weighted by Gasteiger charge is -2.24. The van der Waals surface area contributed by atoms with E-state index in [0.717, 1.165) is 77.0 Å². The average molecular weight is 862 g/mol. The van der Waals surface area contributed by atoms with Gasteiger partial charge in [0.05, 0.1) is 25.2 Å². The molecule has 0 bridgehead atoms. The van der Waals surface area contributed by atoms with Crippen LogP contribution >= 0.6 is 0 Å². The lowest BCUT2D eigenvalue weighted by Crippen LogP contribution is -2.46. The van der Waals surface area contributed by atoms with Crippen LogP contribution in [0.2, 0.25) is 0 Å². The fraction of sp³-hybridized carbons (Fsp3) is 0.679. The summed E-state index contributed by atoms with van der Waals surface area (Å²) in [4.78, 5) is 26.0. The Bertz CT molecular complexity index is 1240. The average Bonchev–Trinajstić information content (AvgIpc) is 3.26. The molecule has 3 N–H and O–H groups in total. The second-order valence-corrected chi connectivity index (χ2v) is 16.9. The maximum atomic E-state index is 13.2. The number of carbonyl (C=O) groups excluding carboxylic acids is 2. The summed E-state index contributed by atoms with van der Waals surface area (Å²) in [5.74, 6) is -0.629. The number of amides is 1. The molecular weight excluding hydrogens is 767 g/mol. The number of hydrogen-bond donors (Lipinski definition) is 3. The molecule has 62 heavy (non-hydrogen) atoms. The number of rotatable bonds is 44. The van der Waals surface area contributed by atoms with Crippen LogP contribution in [0, 0.1) is 0 Å². The Morgan fingerprint density at radius 3 is 1.50 bits per heavy atom. The lowest BCUT2D eigenvalue weighted by molar-refractivity contribution is -0.150. The van der Waals surface area contributed by atoms with E-state index in [0.29, 0.717) is 19.3 Å². The molecule has 0 aliphatic carbocycles. The Morgan fingerprint density at radius 1 is 0.516 bits per heavy atom. The Kier molecular flexibility index (Phi) is 46.3. The normalized spacial score (nSPS) is 14.1. The van der Waals surface area contributed by atoms with Crippen LogP contribution in [0.3, 0.4) is 0 Å². The molecule has 3 atom stereocenters. The zero-order valence-corrected chi connectivity index (χ0v) is 40.2. The highest BCUT2D eigenvalue weighted by Gasteiger charge is 2.23. The van der Waals surface area contributed by atoms with Crippen molar-refractivity contribution in [3.8, 4) is 0 Å². The minimum absolute atomic E-state index is 0.0287. The number of esters is 1. The highest BCUT2D eigenvalue weighted by Crippen LogP contribution is 2.16. The van der Waals surface area contributed by atoms with Crippen molar-refractivity contribution in [3.63, 3.8) is 0 Å². The van der Waals surface area contributed by atoms with E-state index in [1.54, 1.807) is 0 Å². The van der Waals surface area contributed by atoms with E-state index in [2.05, 4.69) is 68.6 Å². The number of unbranched alkanes of at least 4 members (excludes halogenated alkanes) is 21. The first-order valence-electron chi connectivity index (χ1n) is 25.5. The molecule has 0 fully saturated rings. The van der Waals surface area contributed by atoms with Gasteiger partial charge in [0.2, 0.25) is 5.91 Å². The molecule has 6 nitrogen and oxygen atoms in total. The van der Waals surface area contributed by atoms with Crippen molar-refractivity contribution >= 4 is 11.9 Å². The molecular formula is C56H95NO5. The fourth-order valence-electron chi connectivity index (χ4n) is 7.23. The van der Waals surface area contributed by atoms with E-state index in [9.17, 15) is 19.8 Å². The molecule has 0 aromatic carbocycles. The molecule has 354 valence electrons.